The highest BCUT2D eigenvalue weighted by atomic mass is 16.2. The zero-order valence-corrected chi connectivity index (χ0v) is 11.0. The lowest BCUT2D eigenvalue weighted by Crippen LogP contribution is -2.20. The maximum atomic E-state index is 8.98. The molecule has 0 unspecified atom stereocenters. The zero-order valence-electron chi connectivity index (χ0n) is 11.0. The summed E-state index contributed by atoms with van der Waals surface area (Å²) < 4.78 is 0. The first-order valence-corrected chi connectivity index (χ1v) is 6.85. The highest BCUT2D eigenvalue weighted by molar-refractivity contribution is 4.77. The second-order valence-electron chi connectivity index (χ2n) is 4.89. The predicted octanol–water partition coefficient (Wildman–Crippen LogP) is 4.54. The van der Waals surface area contributed by atoms with Crippen molar-refractivity contribution in [1.82, 2.24) is 0 Å². The molecule has 0 aromatic heterocycles. The molecule has 1 N–H and O–H groups in total. The Kier molecular flexibility index (Phi) is 9.18. The van der Waals surface area contributed by atoms with Crippen LogP contribution in [0.2, 0.25) is 0 Å². The van der Waals surface area contributed by atoms with E-state index in [2.05, 4.69) is 20.8 Å². The molecule has 0 rings (SSSR count). The van der Waals surface area contributed by atoms with Gasteiger partial charge in [0.25, 0.3) is 0 Å². The molecule has 1 nitrogen and oxygen atoms in total. The van der Waals surface area contributed by atoms with Crippen LogP contribution < -0.4 is 0 Å². The van der Waals surface area contributed by atoms with Crippen molar-refractivity contribution in [3.8, 4) is 0 Å². The fourth-order valence-corrected chi connectivity index (χ4v) is 2.46. The van der Waals surface area contributed by atoms with Gasteiger partial charge in [-0.3, -0.25) is 0 Å². The van der Waals surface area contributed by atoms with Crippen molar-refractivity contribution in [1.29, 1.82) is 0 Å². The molecule has 0 fully saturated rings. The van der Waals surface area contributed by atoms with Crippen LogP contribution >= 0.6 is 0 Å². The Morgan fingerprint density at radius 3 is 1.60 bits per heavy atom. The molecule has 0 amide bonds. The fourth-order valence-electron chi connectivity index (χ4n) is 2.46. The summed E-state index contributed by atoms with van der Waals surface area (Å²) in [5.74, 6) is 0. The number of unbranched alkanes of at least 4 members (excludes halogenated alkanes) is 2. The number of rotatable bonds is 10. The van der Waals surface area contributed by atoms with E-state index in [1.807, 2.05) is 0 Å². The van der Waals surface area contributed by atoms with E-state index >= 15 is 0 Å². The predicted molar refractivity (Wildman–Crippen MR) is 68.1 cm³/mol. The van der Waals surface area contributed by atoms with Gasteiger partial charge in [-0.2, -0.15) is 0 Å². The molecular formula is C14H30O. The van der Waals surface area contributed by atoms with Crippen molar-refractivity contribution in [3.63, 3.8) is 0 Å². The van der Waals surface area contributed by atoms with Crippen molar-refractivity contribution in [2.45, 2.75) is 78.6 Å². The van der Waals surface area contributed by atoms with Gasteiger partial charge in [-0.1, -0.05) is 52.9 Å². The molecule has 1 heteroatoms. The summed E-state index contributed by atoms with van der Waals surface area (Å²) in [4.78, 5) is 0. The van der Waals surface area contributed by atoms with E-state index in [-0.39, 0.29) is 0 Å². The lowest BCUT2D eigenvalue weighted by atomic mass is 9.73. The minimum Gasteiger partial charge on any atom is -0.396 e. The van der Waals surface area contributed by atoms with Crippen molar-refractivity contribution in [3.05, 3.63) is 0 Å². The Morgan fingerprint density at radius 2 is 1.27 bits per heavy atom. The maximum Gasteiger partial charge on any atom is 0.0431 e. The topological polar surface area (TPSA) is 20.2 Å². The molecule has 0 bridgehead atoms. The average Bonchev–Trinajstić information content (AvgIpc) is 2.29. The van der Waals surface area contributed by atoms with Gasteiger partial charge < -0.3 is 5.11 Å². The van der Waals surface area contributed by atoms with Crippen LogP contribution in [0.3, 0.4) is 0 Å². The van der Waals surface area contributed by atoms with Crippen LogP contribution in [0.5, 0.6) is 0 Å². The average molecular weight is 214 g/mol. The number of hydrogen-bond acceptors (Lipinski definition) is 1. The highest BCUT2D eigenvalue weighted by Gasteiger charge is 2.25. The minimum atomic E-state index is 0.361. The van der Waals surface area contributed by atoms with E-state index in [9.17, 15) is 0 Å². The Balaban J connectivity index is 4.16. The molecule has 0 spiro atoms. The molecule has 0 aromatic rings. The zero-order chi connectivity index (χ0) is 11.6. The van der Waals surface area contributed by atoms with Gasteiger partial charge in [0, 0.05) is 6.61 Å². The first kappa shape index (κ1) is 15.0. The van der Waals surface area contributed by atoms with Gasteiger partial charge in [-0.15, -0.1) is 0 Å². The Morgan fingerprint density at radius 1 is 0.800 bits per heavy atom. The molecular weight excluding hydrogens is 184 g/mol. The lowest BCUT2D eigenvalue weighted by Gasteiger charge is -2.33. The summed E-state index contributed by atoms with van der Waals surface area (Å²) in [6.07, 6.45) is 11.5. The van der Waals surface area contributed by atoms with Gasteiger partial charge in [-0.05, 0) is 31.1 Å². The van der Waals surface area contributed by atoms with E-state index in [1.165, 1.54) is 51.4 Å². The number of aliphatic hydroxyl groups excluding tert-OH is 1. The molecule has 0 atom stereocenters. The number of hydrogen-bond donors (Lipinski definition) is 1. The molecule has 92 valence electrons. The third-order valence-corrected chi connectivity index (χ3v) is 3.74. The standard InChI is InChI=1S/C14H30O/c1-4-7-10-14(6-3,11-8-5-2)12-9-13-15/h15H,4-13H2,1-3H3. The lowest BCUT2D eigenvalue weighted by molar-refractivity contribution is 0.169. The quantitative estimate of drug-likeness (QED) is 0.566. The summed E-state index contributed by atoms with van der Waals surface area (Å²) in [6.45, 7) is 7.22. The first-order valence-electron chi connectivity index (χ1n) is 6.85. The van der Waals surface area contributed by atoms with E-state index < -0.39 is 0 Å². The van der Waals surface area contributed by atoms with Crippen molar-refractivity contribution < 1.29 is 5.11 Å². The molecule has 0 aliphatic heterocycles. The molecule has 0 aliphatic carbocycles. The van der Waals surface area contributed by atoms with E-state index in [4.69, 9.17) is 5.11 Å². The smallest absolute Gasteiger partial charge is 0.0431 e. The van der Waals surface area contributed by atoms with Gasteiger partial charge >= 0.3 is 0 Å². The normalized spacial score (nSPS) is 12.0. The van der Waals surface area contributed by atoms with E-state index in [0.717, 1.165) is 6.42 Å². The SMILES string of the molecule is CCCCC(CC)(CCCC)CCCO. The van der Waals surface area contributed by atoms with Gasteiger partial charge in [0.2, 0.25) is 0 Å². The van der Waals surface area contributed by atoms with Crippen LogP contribution in [0.4, 0.5) is 0 Å². The third-order valence-electron chi connectivity index (χ3n) is 3.74. The molecule has 0 radical (unpaired) electrons. The van der Waals surface area contributed by atoms with E-state index in [0.29, 0.717) is 12.0 Å². The highest BCUT2D eigenvalue weighted by Crippen LogP contribution is 2.39. The third kappa shape index (κ3) is 6.19. The second kappa shape index (κ2) is 9.21. The van der Waals surface area contributed by atoms with Crippen LogP contribution in [0.1, 0.15) is 78.6 Å². The summed E-state index contributed by atoms with van der Waals surface area (Å²) in [7, 11) is 0. The van der Waals surface area contributed by atoms with Gasteiger partial charge in [-0.25, -0.2) is 0 Å². The van der Waals surface area contributed by atoms with Crippen LogP contribution in [0.15, 0.2) is 0 Å². The second-order valence-corrected chi connectivity index (χ2v) is 4.89. The molecule has 0 aliphatic rings. The minimum absolute atomic E-state index is 0.361. The number of aliphatic hydroxyl groups is 1. The van der Waals surface area contributed by atoms with Crippen LogP contribution in [-0.2, 0) is 0 Å². The summed E-state index contributed by atoms with van der Waals surface area (Å²) in [5, 5.41) is 8.98. The Bertz CT molecular complexity index is 110. The maximum absolute atomic E-state index is 8.98. The largest absolute Gasteiger partial charge is 0.396 e. The van der Waals surface area contributed by atoms with Crippen LogP contribution in [-0.4, -0.2) is 11.7 Å². The molecule has 0 aromatic carbocycles. The van der Waals surface area contributed by atoms with Crippen molar-refractivity contribution in [2.75, 3.05) is 6.61 Å². The molecule has 0 saturated carbocycles. The summed E-state index contributed by atoms with van der Waals surface area (Å²) in [5.41, 5.74) is 0.536. The van der Waals surface area contributed by atoms with Gasteiger partial charge in [0.1, 0.15) is 0 Å². The Hall–Kier alpha value is -0.0400. The molecule has 0 heterocycles. The van der Waals surface area contributed by atoms with Gasteiger partial charge in [0.05, 0.1) is 0 Å². The van der Waals surface area contributed by atoms with E-state index in [1.54, 1.807) is 0 Å². The van der Waals surface area contributed by atoms with Crippen molar-refractivity contribution in [2.24, 2.45) is 5.41 Å². The Labute approximate surface area is 96.3 Å². The van der Waals surface area contributed by atoms with Crippen LogP contribution in [0.25, 0.3) is 0 Å². The fraction of sp³-hybridized carbons (Fsp3) is 1.00. The summed E-state index contributed by atoms with van der Waals surface area (Å²) >= 11 is 0. The van der Waals surface area contributed by atoms with Gasteiger partial charge in [0.15, 0.2) is 0 Å². The monoisotopic (exact) mass is 214 g/mol. The molecule has 0 saturated heterocycles. The van der Waals surface area contributed by atoms with Crippen LogP contribution in [0, 0.1) is 5.41 Å². The first-order chi connectivity index (χ1) is 7.24. The molecule has 15 heavy (non-hydrogen) atoms. The van der Waals surface area contributed by atoms with Crippen molar-refractivity contribution >= 4 is 0 Å². The summed E-state index contributed by atoms with van der Waals surface area (Å²) in [6, 6.07) is 0.